The largest absolute Gasteiger partial charge is 0.497 e. The van der Waals surface area contributed by atoms with Crippen LogP contribution in [0.1, 0.15) is 5.56 Å². The summed E-state index contributed by atoms with van der Waals surface area (Å²) in [5.41, 5.74) is 1.04. The SMILES string of the molecule is COc1ccc(C=C(C#N)C(=O)OCC(=O)Nc2ccc(I)cc2)cc1. The average molecular weight is 462 g/mol. The summed E-state index contributed by atoms with van der Waals surface area (Å²) in [6.45, 7) is -0.480. The Morgan fingerprint density at radius 3 is 2.38 bits per heavy atom. The molecule has 2 aromatic rings. The molecule has 7 heteroatoms. The van der Waals surface area contributed by atoms with E-state index in [0.717, 1.165) is 3.57 Å². The first kappa shape index (κ1) is 19.5. The molecule has 0 atom stereocenters. The molecule has 132 valence electrons. The number of amides is 1. The lowest BCUT2D eigenvalue weighted by Gasteiger charge is -2.06. The van der Waals surface area contributed by atoms with E-state index in [1.807, 2.05) is 12.1 Å². The summed E-state index contributed by atoms with van der Waals surface area (Å²) in [6.07, 6.45) is 1.39. The predicted molar refractivity (Wildman–Crippen MR) is 105 cm³/mol. The van der Waals surface area contributed by atoms with Crippen molar-refractivity contribution >= 4 is 46.2 Å². The molecule has 6 nitrogen and oxygen atoms in total. The smallest absolute Gasteiger partial charge is 0.349 e. The Bertz CT molecular complexity index is 853. The second-order valence-corrected chi connectivity index (χ2v) is 6.32. The number of rotatable bonds is 6. The fraction of sp³-hybridized carbons (Fsp3) is 0.105. The molecule has 0 spiro atoms. The van der Waals surface area contributed by atoms with Gasteiger partial charge in [-0.2, -0.15) is 5.26 Å². The third kappa shape index (κ3) is 5.89. The summed E-state index contributed by atoms with van der Waals surface area (Å²) in [5.74, 6) is -0.683. The molecule has 0 fully saturated rings. The Balaban J connectivity index is 1.93. The molecule has 0 aliphatic rings. The summed E-state index contributed by atoms with van der Waals surface area (Å²) >= 11 is 2.15. The number of nitriles is 1. The number of ether oxygens (including phenoxy) is 2. The molecule has 0 heterocycles. The number of carbonyl (C=O) groups excluding carboxylic acids is 2. The molecule has 2 aromatic carbocycles. The normalized spacial score (nSPS) is 10.6. The van der Waals surface area contributed by atoms with Gasteiger partial charge in [0.05, 0.1) is 7.11 Å². The molecule has 0 bridgehead atoms. The van der Waals surface area contributed by atoms with Gasteiger partial charge in [-0.1, -0.05) is 12.1 Å². The van der Waals surface area contributed by atoms with Gasteiger partial charge < -0.3 is 14.8 Å². The van der Waals surface area contributed by atoms with E-state index in [1.54, 1.807) is 49.6 Å². The Kier molecular flexibility index (Phi) is 7.17. The monoisotopic (exact) mass is 462 g/mol. The predicted octanol–water partition coefficient (Wildman–Crippen LogP) is 3.39. The van der Waals surface area contributed by atoms with E-state index >= 15 is 0 Å². The lowest BCUT2D eigenvalue weighted by Crippen LogP contribution is -2.21. The van der Waals surface area contributed by atoms with Crippen molar-refractivity contribution in [3.63, 3.8) is 0 Å². The highest BCUT2D eigenvalue weighted by molar-refractivity contribution is 14.1. The van der Waals surface area contributed by atoms with Crippen molar-refractivity contribution in [2.24, 2.45) is 0 Å². The maximum atomic E-state index is 12.0. The third-order valence-electron chi connectivity index (χ3n) is 3.23. The minimum Gasteiger partial charge on any atom is -0.497 e. The van der Waals surface area contributed by atoms with Gasteiger partial charge in [0.25, 0.3) is 5.91 Å². The van der Waals surface area contributed by atoms with Crippen LogP contribution in [0, 0.1) is 14.9 Å². The zero-order chi connectivity index (χ0) is 18.9. The van der Waals surface area contributed by atoms with Crippen LogP contribution in [0.15, 0.2) is 54.1 Å². The number of esters is 1. The van der Waals surface area contributed by atoms with Crippen molar-refractivity contribution in [1.29, 1.82) is 5.26 Å². The van der Waals surface area contributed by atoms with Crippen molar-refractivity contribution in [2.45, 2.75) is 0 Å². The van der Waals surface area contributed by atoms with Crippen molar-refractivity contribution in [2.75, 3.05) is 19.0 Å². The first-order valence-electron chi connectivity index (χ1n) is 7.50. The molecular weight excluding hydrogens is 447 g/mol. The van der Waals surface area contributed by atoms with E-state index in [2.05, 4.69) is 27.9 Å². The molecule has 0 unspecified atom stereocenters. The van der Waals surface area contributed by atoms with Gasteiger partial charge in [0, 0.05) is 9.26 Å². The topological polar surface area (TPSA) is 88.4 Å². The number of hydrogen-bond donors (Lipinski definition) is 1. The maximum Gasteiger partial charge on any atom is 0.349 e. The van der Waals surface area contributed by atoms with Gasteiger partial charge in [-0.05, 0) is 70.6 Å². The Labute approximate surface area is 164 Å². The number of nitrogens with one attached hydrogen (secondary N) is 1. The van der Waals surface area contributed by atoms with Gasteiger partial charge >= 0.3 is 5.97 Å². The lowest BCUT2D eigenvalue weighted by molar-refractivity contribution is -0.142. The molecule has 0 saturated heterocycles. The summed E-state index contributed by atoms with van der Waals surface area (Å²) in [7, 11) is 1.55. The van der Waals surface area contributed by atoms with Crippen LogP contribution in [0.25, 0.3) is 6.08 Å². The second-order valence-electron chi connectivity index (χ2n) is 5.07. The molecule has 0 aromatic heterocycles. The molecule has 0 saturated carbocycles. The summed E-state index contributed by atoms with van der Waals surface area (Å²) in [5, 5.41) is 11.7. The number of benzene rings is 2. The Morgan fingerprint density at radius 2 is 1.81 bits per heavy atom. The minimum absolute atomic E-state index is 0.197. The fourth-order valence-corrected chi connectivity index (χ4v) is 2.30. The zero-order valence-electron chi connectivity index (χ0n) is 13.9. The van der Waals surface area contributed by atoms with E-state index < -0.39 is 18.5 Å². The van der Waals surface area contributed by atoms with Gasteiger partial charge in [-0.15, -0.1) is 0 Å². The van der Waals surface area contributed by atoms with E-state index in [-0.39, 0.29) is 5.57 Å². The number of halogens is 1. The summed E-state index contributed by atoms with van der Waals surface area (Å²) < 4.78 is 11.0. The van der Waals surface area contributed by atoms with Crippen LogP contribution in [-0.4, -0.2) is 25.6 Å². The van der Waals surface area contributed by atoms with Crippen molar-refractivity contribution in [3.05, 3.63) is 63.2 Å². The molecule has 0 aliphatic carbocycles. The first-order chi connectivity index (χ1) is 12.5. The van der Waals surface area contributed by atoms with Crippen LogP contribution < -0.4 is 10.1 Å². The number of carbonyl (C=O) groups is 2. The fourth-order valence-electron chi connectivity index (χ4n) is 1.94. The highest BCUT2D eigenvalue weighted by atomic mass is 127. The van der Waals surface area contributed by atoms with Gasteiger partial charge in [-0.25, -0.2) is 4.79 Å². The van der Waals surface area contributed by atoms with Crippen molar-refractivity contribution in [1.82, 2.24) is 0 Å². The molecular formula is C19H15IN2O4. The van der Waals surface area contributed by atoms with Gasteiger partial charge in [0.15, 0.2) is 6.61 Å². The van der Waals surface area contributed by atoms with Crippen molar-refractivity contribution in [3.8, 4) is 11.8 Å². The first-order valence-corrected chi connectivity index (χ1v) is 8.58. The molecule has 0 radical (unpaired) electrons. The summed E-state index contributed by atoms with van der Waals surface area (Å²) in [6, 6.07) is 15.8. The number of nitrogens with zero attached hydrogens (tertiary/aromatic N) is 1. The molecule has 2 rings (SSSR count). The third-order valence-corrected chi connectivity index (χ3v) is 3.95. The van der Waals surface area contributed by atoms with Crippen LogP contribution >= 0.6 is 22.6 Å². The van der Waals surface area contributed by atoms with Crippen molar-refractivity contribution < 1.29 is 19.1 Å². The van der Waals surface area contributed by atoms with Gasteiger partial charge in [0.1, 0.15) is 17.4 Å². The van der Waals surface area contributed by atoms with Crippen LogP contribution in [0.5, 0.6) is 5.75 Å². The maximum absolute atomic E-state index is 12.0. The molecule has 0 aliphatic heterocycles. The molecule has 1 amide bonds. The van der Waals surface area contributed by atoms with E-state index in [4.69, 9.17) is 14.7 Å². The molecule has 26 heavy (non-hydrogen) atoms. The second kappa shape index (κ2) is 9.58. The quantitative estimate of drug-likeness (QED) is 0.308. The average Bonchev–Trinajstić information content (AvgIpc) is 2.66. The number of methoxy groups -OCH3 is 1. The van der Waals surface area contributed by atoms with Crippen LogP contribution in [0.2, 0.25) is 0 Å². The van der Waals surface area contributed by atoms with E-state index in [9.17, 15) is 9.59 Å². The number of anilines is 1. The standard InChI is InChI=1S/C19H15IN2O4/c1-25-17-8-2-13(3-9-17)10-14(11-21)19(24)26-12-18(23)22-16-6-4-15(20)5-7-16/h2-10H,12H2,1H3,(H,22,23). The zero-order valence-corrected chi connectivity index (χ0v) is 16.0. The molecule has 1 N–H and O–H groups in total. The summed E-state index contributed by atoms with van der Waals surface area (Å²) in [4.78, 5) is 23.8. The van der Waals surface area contributed by atoms with Gasteiger partial charge in [-0.3, -0.25) is 4.79 Å². The van der Waals surface area contributed by atoms with Crippen LogP contribution in [0.3, 0.4) is 0 Å². The van der Waals surface area contributed by atoms with E-state index in [0.29, 0.717) is 17.0 Å². The van der Waals surface area contributed by atoms with Crippen LogP contribution in [0.4, 0.5) is 5.69 Å². The Morgan fingerprint density at radius 1 is 1.15 bits per heavy atom. The highest BCUT2D eigenvalue weighted by Crippen LogP contribution is 2.14. The van der Waals surface area contributed by atoms with Gasteiger partial charge in [0.2, 0.25) is 0 Å². The number of hydrogen-bond acceptors (Lipinski definition) is 5. The minimum atomic E-state index is -0.860. The lowest BCUT2D eigenvalue weighted by atomic mass is 10.1. The van der Waals surface area contributed by atoms with E-state index in [1.165, 1.54) is 6.08 Å². The highest BCUT2D eigenvalue weighted by Gasteiger charge is 2.13. The Hall–Kier alpha value is -2.86. The van der Waals surface area contributed by atoms with Crippen LogP contribution in [-0.2, 0) is 14.3 Å².